The molecule has 0 radical (unpaired) electrons. The minimum Gasteiger partial charge on any atom is -0.490 e. The summed E-state index contributed by atoms with van der Waals surface area (Å²) in [6.45, 7) is 11.0. The molecule has 1 aliphatic rings. The highest BCUT2D eigenvalue weighted by molar-refractivity contribution is 5.50. The third kappa shape index (κ3) is 6.76. The second-order valence-corrected chi connectivity index (χ2v) is 7.42. The van der Waals surface area contributed by atoms with Crippen molar-refractivity contribution in [3.05, 3.63) is 35.9 Å². The number of hydrogen-bond acceptors (Lipinski definition) is 3. The van der Waals surface area contributed by atoms with Crippen molar-refractivity contribution >= 4 is 6.08 Å². The van der Waals surface area contributed by atoms with E-state index >= 15 is 0 Å². The zero-order valence-electron chi connectivity index (χ0n) is 15.0. The summed E-state index contributed by atoms with van der Waals surface area (Å²) in [5.41, 5.74) is 1.09. The molecule has 0 spiro atoms. The van der Waals surface area contributed by atoms with E-state index in [1.54, 1.807) is 0 Å². The molecule has 0 aromatic heterocycles. The minimum atomic E-state index is -0.0666. The van der Waals surface area contributed by atoms with E-state index in [4.69, 9.17) is 14.2 Å². The molecule has 2 rings (SSSR count). The van der Waals surface area contributed by atoms with E-state index in [0.717, 1.165) is 24.2 Å². The zero-order valence-corrected chi connectivity index (χ0v) is 15.0. The summed E-state index contributed by atoms with van der Waals surface area (Å²) in [4.78, 5) is 0. The van der Waals surface area contributed by atoms with Gasteiger partial charge in [0.15, 0.2) is 0 Å². The van der Waals surface area contributed by atoms with Crippen molar-refractivity contribution in [3.8, 4) is 5.75 Å². The van der Waals surface area contributed by atoms with Crippen LogP contribution in [0.4, 0.5) is 0 Å². The predicted octanol–water partition coefficient (Wildman–Crippen LogP) is 4.85. The van der Waals surface area contributed by atoms with E-state index in [9.17, 15) is 0 Å². The Bertz CT molecular complexity index is 491. The van der Waals surface area contributed by atoms with Gasteiger partial charge in [-0.15, -0.1) is 0 Å². The van der Waals surface area contributed by atoms with Crippen molar-refractivity contribution in [3.63, 3.8) is 0 Å². The lowest BCUT2D eigenvalue weighted by atomic mass is 9.91. The Morgan fingerprint density at radius 2 is 1.74 bits per heavy atom. The van der Waals surface area contributed by atoms with Gasteiger partial charge in [-0.2, -0.15) is 0 Å². The summed E-state index contributed by atoms with van der Waals surface area (Å²) in [6.07, 6.45) is 6.95. The van der Waals surface area contributed by atoms with Gasteiger partial charge in [0.1, 0.15) is 11.9 Å². The topological polar surface area (TPSA) is 27.7 Å². The summed E-state index contributed by atoms with van der Waals surface area (Å²) in [6, 6.07) is 8.20. The average Bonchev–Trinajstić information content (AvgIpc) is 2.41. The fourth-order valence-electron chi connectivity index (χ4n) is 2.49. The Labute approximate surface area is 140 Å². The lowest BCUT2D eigenvalue weighted by Crippen LogP contribution is -2.43. The molecule has 0 saturated heterocycles. The van der Waals surface area contributed by atoms with Gasteiger partial charge in [0.05, 0.1) is 24.4 Å². The first kappa shape index (κ1) is 18.0. The quantitative estimate of drug-likeness (QED) is 0.719. The first-order valence-corrected chi connectivity index (χ1v) is 8.54. The third-order valence-electron chi connectivity index (χ3n) is 3.59. The van der Waals surface area contributed by atoms with Crippen LogP contribution in [-0.4, -0.2) is 30.5 Å². The largest absolute Gasteiger partial charge is 0.490 e. The fraction of sp³-hybridized carbons (Fsp3) is 0.600. The second-order valence-electron chi connectivity index (χ2n) is 7.42. The maximum absolute atomic E-state index is 5.98. The molecule has 1 aliphatic carbocycles. The SMILES string of the molecule is CC(C)OC/C=C/c1ccc(OC2CC(OC(C)(C)C)C2)cc1. The molecular weight excluding hydrogens is 288 g/mol. The molecule has 0 aliphatic heterocycles. The molecule has 0 atom stereocenters. The Balaban J connectivity index is 1.72. The van der Waals surface area contributed by atoms with Gasteiger partial charge in [-0.3, -0.25) is 0 Å². The van der Waals surface area contributed by atoms with Crippen LogP contribution < -0.4 is 4.74 Å². The zero-order chi connectivity index (χ0) is 16.9. The lowest BCUT2D eigenvalue weighted by Gasteiger charge is -2.39. The highest BCUT2D eigenvalue weighted by atomic mass is 16.5. The number of rotatable bonds is 7. The summed E-state index contributed by atoms with van der Waals surface area (Å²) >= 11 is 0. The van der Waals surface area contributed by atoms with Crippen LogP contribution in [0.5, 0.6) is 5.75 Å². The van der Waals surface area contributed by atoms with Crippen LogP contribution in [0.25, 0.3) is 6.08 Å². The van der Waals surface area contributed by atoms with E-state index in [0.29, 0.717) is 12.7 Å². The lowest BCUT2D eigenvalue weighted by molar-refractivity contribution is -0.126. The summed E-state index contributed by atoms with van der Waals surface area (Å²) < 4.78 is 17.4. The van der Waals surface area contributed by atoms with Crippen molar-refractivity contribution in [2.24, 2.45) is 0 Å². The molecule has 23 heavy (non-hydrogen) atoms. The molecular formula is C20H30O3. The molecule has 0 bridgehead atoms. The van der Waals surface area contributed by atoms with Gasteiger partial charge in [0.25, 0.3) is 0 Å². The number of ether oxygens (including phenoxy) is 3. The molecule has 0 N–H and O–H groups in total. The maximum Gasteiger partial charge on any atom is 0.119 e. The van der Waals surface area contributed by atoms with Gasteiger partial charge in [0, 0.05) is 12.8 Å². The van der Waals surface area contributed by atoms with Crippen LogP contribution in [0.2, 0.25) is 0 Å². The van der Waals surface area contributed by atoms with Gasteiger partial charge in [-0.1, -0.05) is 24.3 Å². The summed E-state index contributed by atoms with van der Waals surface area (Å²) in [5.74, 6) is 0.930. The molecule has 0 amide bonds. The molecule has 0 heterocycles. The van der Waals surface area contributed by atoms with Crippen molar-refractivity contribution < 1.29 is 14.2 Å². The van der Waals surface area contributed by atoms with Crippen LogP contribution in [0.1, 0.15) is 53.0 Å². The van der Waals surface area contributed by atoms with Gasteiger partial charge in [-0.25, -0.2) is 0 Å². The van der Waals surface area contributed by atoms with E-state index in [1.165, 1.54) is 0 Å². The number of hydrogen-bond donors (Lipinski definition) is 0. The van der Waals surface area contributed by atoms with Gasteiger partial charge in [-0.05, 0) is 52.3 Å². The Hall–Kier alpha value is -1.32. The monoisotopic (exact) mass is 318 g/mol. The maximum atomic E-state index is 5.98. The number of benzene rings is 1. The molecule has 0 unspecified atom stereocenters. The highest BCUT2D eigenvalue weighted by Gasteiger charge is 2.34. The Kier molecular flexibility index (Phi) is 6.25. The van der Waals surface area contributed by atoms with Crippen molar-refractivity contribution in [2.45, 2.75) is 71.4 Å². The van der Waals surface area contributed by atoms with Crippen LogP contribution >= 0.6 is 0 Å². The molecule has 1 fully saturated rings. The normalized spacial score (nSPS) is 21.7. The van der Waals surface area contributed by atoms with Gasteiger partial charge >= 0.3 is 0 Å². The predicted molar refractivity (Wildman–Crippen MR) is 94.8 cm³/mol. The Morgan fingerprint density at radius 3 is 2.30 bits per heavy atom. The summed E-state index contributed by atoms with van der Waals surface area (Å²) in [5, 5.41) is 0. The fourth-order valence-corrected chi connectivity index (χ4v) is 2.49. The van der Waals surface area contributed by atoms with E-state index < -0.39 is 0 Å². The molecule has 128 valence electrons. The summed E-state index contributed by atoms with van der Waals surface area (Å²) in [7, 11) is 0. The Morgan fingerprint density at radius 1 is 1.09 bits per heavy atom. The van der Waals surface area contributed by atoms with Gasteiger partial charge in [0.2, 0.25) is 0 Å². The third-order valence-corrected chi connectivity index (χ3v) is 3.59. The average molecular weight is 318 g/mol. The molecule has 1 aromatic rings. The first-order chi connectivity index (χ1) is 10.8. The van der Waals surface area contributed by atoms with Crippen molar-refractivity contribution in [1.29, 1.82) is 0 Å². The van der Waals surface area contributed by atoms with Crippen LogP contribution in [-0.2, 0) is 9.47 Å². The molecule has 1 aromatic carbocycles. The highest BCUT2D eigenvalue weighted by Crippen LogP contribution is 2.31. The van der Waals surface area contributed by atoms with Crippen molar-refractivity contribution in [1.82, 2.24) is 0 Å². The van der Waals surface area contributed by atoms with Crippen LogP contribution in [0.3, 0.4) is 0 Å². The first-order valence-electron chi connectivity index (χ1n) is 8.54. The molecule has 3 nitrogen and oxygen atoms in total. The molecule has 1 saturated carbocycles. The smallest absolute Gasteiger partial charge is 0.119 e. The van der Waals surface area contributed by atoms with Gasteiger partial charge < -0.3 is 14.2 Å². The van der Waals surface area contributed by atoms with E-state index in [2.05, 4.69) is 39.0 Å². The van der Waals surface area contributed by atoms with Crippen LogP contribution in [0.15, 0.2) is 30.3 Å². The van der Waals surface area contributed by atoms with Crippen LogP contribution in [0, 0.1) is 0 Å². The van der Waals surface area contributed by atoms with E-state index in [-0.39, 0.29) is 17.8 Å². The van der Waals surface area contributed by atoms with Crippen molar-refractivity contribution in [2.75, 3.05) is 6.61 Å². The minimum absolute atomic E-state index is 0.0666. The molecule has 3 heteroatoms. The standard InChI is InChI=1S/C20H30O3/c1-15(2)21-12-6-7-16-8-10-17(11-9-16)22-18-13-19(14-18)23-20(3,4)5/h6-11,15,18-19H,12-14H2,1-5H3/b7-6+. The van der Waals surface area contributed by atoms with E-state index in [1.807, 2.05) is 32.1 Å². The second kappa shape index (κ2) is 7.98.